The van der Waals surface area contributed by atoms with Crippen LogP contribution in [0.2, 0.25) is 0 Å². The zero-order valence-corrected chi connectivity index (χ0v) is 20.9. The number of rotatable bonds is 9. The van der Waals surface area contributed by atoms with Crippen molar-refractivity contribution < 1.29 is 19.1 Å². The number of amides is 3. The maximum Gasteiger partial charge on any atom is 0.247 e. The van der Waals surface area contributed by atoms with E-state index in [-0.39, 0.29) is 29.7 Å². The molecule has 3 amide bonds. The highest BCUT2D eigenvalue weighted by atomic mass is 16.5. The number of nitrogens with one attached hydrogen (secondary N) is 3. The molecule has 2 heterocycles. The molecule has 4 rings (SSSR count). The van der Waals surface area contributed by atoms with E-state index < -0.39 is 6.04 Å². The Labute approximate surface area is 212 Å². The molecule has 2 atom stereocenters. The van der Waals surface area contributed by atoms with E-state index in [0.29, 0.717) is 44.6 Å². The summed E-state index contributed by atoms with van der Waals surface area (Å²) < 4.78 is 5.47. The third-order valence-electron chi connectivity index (χ3n) is 6.88. The SMILES string of the molecule is CCOc1ccc(NC(=O)[C@H](Cc2ccccc2)NC(=O)C2CCN(C(=O)[C@@H]3CCCN3)CC2)cc1. The van der Waals surface area contributed by atoms with Crippen LogP contribution in [0.25, 0.3) is 0 Å². The topological polar surface area (TPSA) is 99.8 Å². The molecule has 2 aliphatic rings. The van der Waals surface area contributed by atoms with Crippen molar-refractivity contribution in [1.82, 2.24) is 15.5 Å². The van der Waals surface area contributed by atoms with Crippen molar-refractivity contribution in [2.75, 3.05) is 31.6 Å². The summed E-state index contributed by atoms with van der Waals surface area (Å²) >= 11 is 0. The molecule has 0 unspecified atom stereocenters. The third-order valence-corrected chi connectivity index (χ3v) is 6.88. The quantitative estimate of drug-likeness (QED) is 0.500. The van der Waals surface area contributed by atoms with Gasteiger partial charge in [-0.25, -0.2) is 0 Å². The second-order valence-corrected chi connectivity index (χ2v) is 9.45. The molecule has 192 valence electrons. The minimum absolute atomic E-state index is 0.0862. The predicted octanol–water partition coefficient (Wildman–Crippen LogP) is 2.74. The fourth-order valence-corrected chi connectivity index (χ4v) is 4.86. The minimum Gasteiger partial charge on any atom is -0.494 e. The van der Waals surface area contributed by atoms with E-state index in [4.69, 9.17) is 4.74 Å². The van der Waals surface area contributed by atoms with Crippen molar-refractivity contribution in [1.29, 1.82) is 0 Å². The Hall–Kier alpha value is -3.39. The highest BCUT2D eigenvalue weighted by molar-refractivity contribution is 5.97. The number of hydrogen-bond acceptors (Lipinski definition) is 5. The maximum atomic E-state index is 13.2. The molecule has 0 bridgehead atoms. The van der Waals surface area contributed by atoms with Crippen LogP contribution in [0.1, 0.15) is 38.2 Å². The number of carbonyl (C=O) groups excluding carboxylic acids is 3. The van der Waals surface area contributed by atoms with Gasteiger partial charge in [0.25, 0.3) is 0 Å². The van der Waals surface area contributed by atoms with Gasteiger partial charge in [0.2, 0.25) is 17.7 Å². The molecule has 2 saturated heterocycles. The fraction of sp³-hybridized carbons (Fsp3) is 0.464. The molecule has 8 nitrogen and oxygen atoms in total. The average molecular weight is 493 g/mol. The summed E-state index contributed by atoms with van der Waals surface area (Å²) in [5.41, 5.74) is 1.61. The number of nitrogens with zero attached hydrogens (tertiary/aromatic N) is 1. The average Bonchev–Trinajstić information content (AvgIpc) is 3.45. The van der Waals surface area contributed by atoms with Gasteiger partial charge in [0.1, 0.15) is 11.8 Å². The van der Waals surface area contributed by atoms with E-state index in [1.807, 2.05) is 42.2 Å². The summed E-state index contributed by atoms with van der Waals surface area (Å²) in [7, 11) is 0. The van der Waals surface area contributed by atoms with Gasteiger partial charge in [-0.2, -0.15) is 0 Å². The second kappa shape index (κ2) is 12.5. The normalized spacial score (nSPS) is 18.9. The molecule has 0 radical (unpaired) electrons. The van der Waals surface area contributed by atoms with E-state index in [9.17, 15) is 14.4 Å². The summed E-state index contributed by atoms with van der Waals surface area (Å²) in [6.07, 6.45) is 3.49. The number of hydrogen-bond donors (Lipinski definition) is 3. The monoisotopic (exact) mass is 492 g/mol. The molecule has 2 fully saturated rings. The first-order chi connectivity index (χ1) is 17.5. The van der Waals surface area contributed by atoms with Crippen molar-refractivity contribution in [3.8, 4) is 5.75 Å². The van der Waals surface area contributed by atoms with Gasteiger partial charge >= 0.3 is 0 Å². The van der Waals surface area contributed by atoms with Gasteiger partial charge in [0.05, 0.1) is 12.6 Å². The molecule has 0 aromatic heterocycles. The van der Waals surface area contributed by atoms with Gasteiger partial charge in [0, 0.05) is 31.1 Å². The number of likely N-dealkylation sites (tertiary alicyclic amines) is 1. The van der Waals surface area contributed by atoms with E-state index >= 15 is 0 Å². The lowest BCUT2D eigenvalue weighted by Gasteiger charge is -2.33. The standard InChI is InChI=1S/C28H36N4O4/c1-2-36-23-12-10-22(11-13-23)30-27(34)25(19-20-7-4-3-5-8-20)31-26(33)21-14-17-32(18-15-21)28(35)24-9-6-16-29-24/h3-5,7-8,10-13,21,24-25,29H,2,6,9,14-19H2,1H3,(H,30,34)(H,31,33)/t24-,25-/m0/s1. The van der Waals surface area contributed by atoms with Crippen LogP contribution in [0.4, 0.5) is 5.69 Å². The lowest BCUT2D eigenvalue weighted by Crippen LogP contribution is -2.51. The lowest BCUT2D eigenvalue weighted by atomic mass is 9.94. The number of piperidine rings is 1. The first kappa shape index (κ1) is 25.7. The molecule has 36 heavy (non-hydrogen) atoms. The van der Waals surface area contributed by atoms with Crippen molar-refractivity contribution in [2.45, 2.75) is 51.1 Å². The summed E-state index contributed by atoms with van der Waals surface area (Å²) in [6, 6.07) is 16.1. The molecular formula is C28H36N4O4. The van der Waals surface area contributed by atoms with Crippen molar-refractivity contribution >= 4 is 23.4 Å². The molecule has 2 aromatic rings. The van der Waals surface area contributed by atoms with E-state index in [1.54, 1.807) is 24.3 Å². The van der Waals surface area contributed by atoms with Crippen LogP contribution in [0, 0.1) is 5.92 Å². The zero-order chi connectivity index (χ0) is 25.3. The molecule has 0 aliphatic carbocycles. The molecule has 2 aromatic carbocycles. The summed E-state index contributed by atoms with van der Waals surface area (Å²) in [5, 5.41) is 9.18. The van der Waals surface area contributed by atoms with Gasteiger partial charge in [-0.15, -0.1) is 0 Å². The summed E-state index contributed by atoms with van der Waals surface area (Å²) in [6.45, 7) is 4.51. The predicted molar refractivity (Wildman–Crippen MR) is 139 cm³/mol. The van der Waals surface area contributed by atoms with Crippen LogP contribution in [0.15, 0.2) is 54.6 Å². The number of benzene rings is 2. The Morgan fingerprint density at radius 2 is 1.75 bits per heavy atom. The fourth-order valence-electron chi connectivity index (χ4n) is 4.86. The van der Waals surface area contributed by atoms with Crippen molar-refractivity contribution in [3.05, 3.63) is 60.2 Å². The van der Waals surface area contributed by atoms with Crippen LogP contribution in [-0.4, -0.2) is 60.9 Å². The highest BCUT2D eigenvalue weighted by Crippen LogP contribution is 2.21. The molecule has 0 saturated carbocycles. The van der Waals surface area contributed by atoms with Crippen LogP contribution >= 0.6 is 0 Å². The van der Waals surface area contributed by atoms with Crippen LogP contribution in [0.3, 0.4) is 0 Å². The van der Waals surface area contributed by atoms with E-state index in [0.717, 1.165) is 30.7 Å². The van der Waals surface area contributed by atoms with Gasteiger partial charge in [-0.05, 0) is 69.0 Å². The molecule has 3 N–H and O–H groups in total. The molecule has 8 heteroatoms. The number of carbonyl (C=O) groups is 3. The van der Waals surface area contributed by atoms with Gasteiger partial charge in [-0.1, -0.05) is 30.3 Å². The Morgan fingerprint density at radius 3 is 2.39 bits per heavy atom. The third kappa shape index (κ3) is 6.85. The smallest absolute Gasteiger partial charge is 0.247 e. The van der Waals surface area contributed by atoms with Gasteiger partial charge < -0.3 is 25.6 Å². The summed E-state index contributed by atoms with van der Waals surface area (Å²) in [4.78, 5) is 40.9. The molecular weight excluding hydrogens is 456 g/mol. The van der Waals surface area contributed by atoms with Crippen LogP contribution in [0.5, 0.6) is 5.75 Å². The van der Waals surface area contributed by atoms with E-state index in [2.05, 4.69) is 16.0 Å². The molecule has 0 spiro atoms. The number of ether oxygens (including phenoxy) is 1. The Kier molecular flexibility index (Phi) is 8.95. The van der Waals surface area contributed by atoms with Crippen LogP contribution < -0.4 is 20.7 Å². The summed E-state index contributed by atoms with van der Waals surface area (Å²) in [5.74, 6) is 0.253. The number of anilines is 1. The minimum atomic E-state index is -0.714. The Morgan fingerprint density at radius 1 is 1.03 bits per heavy atom. The first-order valence-corrected chi connectivity index (χ1v) is 12.9. The van der Waals surface area contributed by atoms with Gasteiger partial charge in [0.15, 0.2) is 0 Å². The highest BCUT2D eigenvalue weighted by Gasteiger charge is 2.33. The van der Waals surface area contributed by atoms with Gasteiger partial charge in [-0.3, -0.25) is 14.4 Å². The van der Waals surface area contributed by atoms with Crippen LogP contribution in [-0.2, 0) is 20.8 Å². The Bertz CT molecular complexity index is 1010. The molecule has 2 aliphatic heterocycles. The largest absolute Gasteiger partial charge is 0.494 e. The van der Waals surface area contributed by atoms with Crippen molar-refractivity contribution in [2.24, 2.45) is 5.92 Å². The lowest BCUT2D eigenvalue weighted by molar-refractivity contribution is -0.137. The van der Waals surface area contributed by atoms with Crippen molar-refractivity contribution in [3.63, 3.8) is 0 Å². The van der Waals surface area contributed by atoms with E-state index in [1.165, 1.54) is 0 Å². The maximum absolute atomic E-state index is 13.2. The zero-order valence-electron chi connectivity index (χ0n) is 20.9. The second-order valence-electron chi connectivity index (χ2n) is 9.45. The Balaban J connectivity index is 1.36. The first-order valence-electron chi connectivity index (χ1n) is 12.9.